The van der Waals surface area contributed by atoms with Gasteiger partial charge in [0.1, 0.15) is 6.54 Å². The number of nitrogens with zero attached hydrogens (tertiary/aromatic N) is 1. The summed E-state index contributed by atoms with van der Waals surface area (Å²) >= 11 is 0. The third kappa shape index (κ3) is 6.33. The van der Waals surface area contributed by atoms with Crippen molar-refractivity contribution < 1.29 is 27.9 Å². The number of carbonyl (C=O) groups excluding carboxylic acids is 2. The number of halogens is 3. The fourth-order valence-electron chi connectivity index (χ4n) is 2.31. The molecule has 1 heterocycles. The maximum Gasteiger partial charge on any atom is 0.406 e. The van der Waals surface area contributed by atoms with E-state index in [9.17, 15) is 27.9 Å². The van der Waals surface area contributed by atoms with Crippen LogP contribution in [0.15, 0.2) is 0 Å². The number of aliphatic hydroxyl groups is 1. The van der Waals surface area contributed by atoms with Crippen LogP contribution in [0.4, 0.5) is 13.2 Å². The summed E-state index contributed by atoms with van der Waals surface area (Å²) in [5.74, 6) is -1.68. The predicted molar refractivity (Wildman–Crippen MR) is 69.2 cm³/mol. The number of hydrogen-bond acceptors (Lipinski definition) is 3. The summed E-state index contributed by atoms with van der Waals surface area (Å²) in [6.07, 6.45) is -4.86. The van der Waals surface area contributed by atoms with Crippen molar-refractivity contribution in [1.82, 2.24) is 10.2 Å². The molecule has 122 valence electrons. The molecule has 5 nitrogen and oxygen atoms in total. The minimum Gasteiger partial charge on any atom is -0.391 e. The maximum atomic E-state index is 12.3. The van der Waals surface area contributed by atoms with Crippen LogP contribution in [-0.2, 0) is 9.59 Å². The van der Waals surface area contributed by atoms with E-state index < -0.39 is 36.6 Å². The summed E-state index contributed by atoms with van der Waals surface area (Å²) in [6, 6.07) is 0. The third-order valence-corrected chi connectivity index (χ3v) is 3.21. The number of aliphatic hydroxyl groups excluding tert-OH is 1. The zero-order valence-corrected chi connectivity index (χ0v) is 12.1. The van der Waals surface area contributed by atoms with Gasteiger partial charge < -0.3 is 15.3 Å². The highest BCUT2D eigenvalue weighted by atomic mass is 19.4. The Morgan fingerprint density at radius 2 is 2.10 bits per heavy atom. The second kappa shape index (κ2) is 7.11. The van der Waals surface area contributed by atoms with Gasteiger partial charge in [0.2, 0.25) is 11.8 Å². The zero-order chi connectivity index (χ0) is 16.2. The number of amides is 2. The highest BCUT2D eigenvalue weighted by Crippen LogP contribution is 2.23. The smallest absolute Gasteiger partial charge is 0.391 e. The number of carbonyl (C=O) groups is 2. The lowest BCUT2D eigenvalue weighted by Gasteiger charge is -2.19. The first kappa shape index (κ1) is 17.7. The molecule has 1 fully saturated rings. The minimum absolute atomic E-state index is 0.0426. The average Bonchev–Trinajstić information content (AvgIpc) is 2.65. The van der Waals surface area contributed by atoms with Gasteiger partial charge >= 0.3 is 6.18 Å². The summed E-state index contributed by atoms with van der Waals surface area (Å²) in [5, 5.41) is 12.1. The largest absolute Gasteiger partial charge is 0.406 e. The molecule has 2 atom stereocenters. The van der Waals surface area contributed by atoms with Crippen molar-refractivity contribution in [1.29, 1.82) is 0 Å². The number of rotatable bonds is 6. The molecule has 0 spiro atoms. The molecule has 2 unspecified atom stereocenters. The zero-order valence-electron chi connectivity index (χ0n) is 12.1. The maximum absolute atomic E-state index is 12.3. The lowest BCUT2D eigenvalue weighted by atomic mass is 10.1. The predicted octanol–water partition coefficient (Wildman–Crippen LogP) is 0.920. The lowest BCUT2D eigenvalue weighted by Crippen LogP contribution is -2.39. The van der Waals surface area contributed by atoms with Crippen LogP contribution in [0.3, 0.4) is 0 Å². The Labute approximate surface area is 121 Å². The molecule has 1 aliphatic rings. The van der Waals surface area contributed by atoms with Crippen molar-refractivity contribution in [3.63, 3.8) is 0 Å². The van der Waals surface area contributed by atoms with Crippen LogP contribution in [0.1, 0.15) is 26.7 Å². The quantitative estimate of drug-likeness (QED) is 0.766. The third-order valence-electron chi connectivity index (χ3n) is 3.21. The molecule has 0 saturated carbocycles. The monoisotopic (exact) mass is 310 g/mol. The Hall–Kier alpha value is -1.31. The van der Waals surface area contributed by atoms with Gasteiger partial charge in [-0.15, -0.1) is 0 Å². The molecule has 0 aliphatic carbocycles. The average molecular weight is 310 g/mol. The summed E-state index contributed by atoms with van der Waals surface area (Å²) in [5.41, 5.74) is 0. The van der Waals surface area contributed by atoms with Gasteiger partial charge in [-0.3, -0.25) is 9.59 Å². The van der Waals surface area contributed by atoms with Gasteiger partial charge in [-0.25, -0.2) is 0 Å². The van der Waals surface area contributed by atoms with Crippen molar-refractivity contribution >= 4 is 11.8 Å². The van der Waals surface area contributed by atoms with E-state index in [1.807, 2.05) is 13.8 Å². The van der Waals surface area contributed by atoms with Gasteiger partial charge in [-0.1, -0.05) is 13.8 Å². The number of nitrogens with one attached hydrogen (secondary N) is 1. The van der Waals surface area contributed by atoms with Gasteiger partial charge in [0.05, 0.1) is 12.0 Å². The minimum atomic E-state index is -4.46. The van der Waals surface area contributed by atoms with E-state index >= 15 is 0 Å². The number of likely N-dealkylation sites (tertiary alicyclic amines) is 1. The van der Waals surface area contributed by atoms with Gasteiger partial charge in [0.25, 0.3) is 0 Å². The van der Waals surface area contributed by atoms with E-state index in [1.54, 1.807) is 0 Å². The van der Waals surface area contributed by atoms with E-state index in [0.29, 0.717) is 11.3 Å². The van der Waals surface area contributed by atoms with Crippen LogP contribution in [0.2, 0.25) is 0 Å². The molecule has 1 saturated heterocycles. The lowest BCUT2D eigenvalue weighted by molar-refractivity contribution is -0.157. The molecule has 21 heavy (non-hydrogen) atoms. The van der Waals surface area contributed by atoms with Gasteiger partial charge in [-0.2, -0.15) is 13.2 Å². The molecule has 1 rings (SSSR count). The van der Waals surface area contributed by atoms with Crippen molar-refractivity contribution in [3.8, 4) is 0 Å². The van der Waals surface area contributed by atoms with Crippen LogP contribution in [0.5, 0.6) is 0 Å². The first-order valence-corrected chi connectivity index (χ1v) is 6.88. The van der Waals surface area contributed by atoms with Gasteiger partial charge in [-0.05, 0) is 12.3 Å². The SMILES string of the molecule is CC(C)CC(O)CNC(=O)C1CC(=O)N(CC(F)(F)F)C1. The van der Waals surface area contributed by atoms with Gasteiger partial charge in [0.15, 0.2) is 0 Å². The highest BCUT2D eigenvalue weighted by Gasteiger charge is 2.40. The molecule has 2 amide bonds. The molecule has 1 aliphatic heterocycles. The van der Waals surface area contributed by atoms with E-state index in [-0.39, 0.29) is 25.4 Å². The van der Waals surface area contributed by atoms with Crippen molar-refractivity contribution in [2.75, 3.05) is 19.6 Å². The van der Waals surface area contributed by atoms with Crippen LogP contribution in [0, 0.1) is 11.8 Å². The molecule has 0 bridgehead atoms. The molecule has 0 aromatic carbocycles. The molecule has 8 heteroatoms. The Kier molecular flexibility index (Phi) is 6.00. The Morgan fingerprint density at radius 3 is 2.62 bits per heavy atom. The number of hydrogen-bond donors (Lipinski definition) is 2. The van der Waals surface area contributed by atoms with Crippen molar-refractivity contribution in [2.24, 2.45) is 11.8 Å². The Morgan fingerprint density at radius 1 is 1.48 bits per heavy atom. The standard InChI is InChI=1S/C13H21F3N2O3/c1-8(2)3-10(19)5-17-12(21)9-4-11(20)18(6-9)7-13(14,15)16/h8-10,19H,3-7H2,1-2H3,(H,17,21). The van der Waals surface area contributed by atoms with E-state index in [1.165, 1.54) is 0 Å². The van der Waals surface area contributed by atoms with Gasteiger partial charge in [0, 0.05) is 19.5 Å². The van der Waals surface area contributed by atoms with Crippen molar-refractivity contribution in [2.45, 2.75) is 39.0 Å². The first-order chi connectivity index (χ1) is 9.58. The second-order valence-electron chi connectivity index (χ2n) is 5.82. The first-order valence-electron chi connectivity index (χ1n) is 6.88. The van der Waals surface area contributed by atoms with Crippen molar-refractivity contribution in [3.05, 3.63) is 0 Å². The summed E-state index contributed by atoms with van der Waals surface area (Å²) < 4.78 is 36.8. The molecular weight excluding hydrogens is 289 g/mol. The van der Waals surface area contributed by atoms with Crippen LogP contribution >= 0.6 is 0 Å². The Bertz CT molecular complexity index is 385. The summed E-state index contributed by atoms with van der Waals surface area (Å²) in [4.78, 5) is 23.9. The molecular formula is C13H21F3N2O3. The summed E-state index contributed by atoms with van der Waals surface area (Å²) in [7, 11) is 0. The Balaban J connectivity index is 2.41. The van der Waals surface area contributed by atoms with E-state index in [0.717, 1.165) is 0 Å². The van der Waals surface area contributed by atoms with Crippen LogP contribution in [-0.4, -0.2) is 53.7 Å². The van der Waals surface area contributed by atoms with E-state index in [2.05, 4.69) is 5.32 Å². The highest BCUT2D eigenvalue weighted by molar-refractivity contribution is 5.89. The topological polar surface area (TPSA) is 69.6 Å². The molecule has 2 N–H and O–H groups in total. The molecule has 0 aromatic heterocycles. The van der Waals surface area contributed by atoms with E-state index in [4.69, 9.17) is 0 Å². The second-order valence-corrected chi connectivity index (χ2v) is 5.82. The molecule has 0 radical (unpaired) electrons. The summed E-state index contributed by atoms with van der Waals surface area (Å²) in [6.45, 7) is 2.34. The van der Waals surface area contributed by atoms with Crippen LogP contribution < -0.4 is 5.32 Å². The number of alkyl halides is 3. The van der Waals surface area contributed by atoms with Crippen LogP contribution in [0.25, 0.3) is 0 Å². The fourth-order valence-corrected chi connectivity index (χ4v) is 2.31. The fraction of sp³-hybridized carbons (Fsp3) is 0.846. The normalized spacial score (nSPS) is 21.0. The molecule has 0 aromatic rings.